The second-order valence-corrected chi connectivity index (χ2v) is 4.27. The highest BCUT2D eigenvalue weighted by Gasteiger charge is 2.26. The van der Waals surface area contributed by atoms with Crippen LogP contribution in [0.4, 0.5) is 22.0 Å². The molecule has 0 atom stereocenters. The molecular weight excluding hydrogens is 247 g/mol. The molecule has 0 aromatic heterocycles. The Hall–Kier alpha value is -0.780. The maximum absolute atomic E-state index is 12.7. The molecule has 0 aliphatic rings. The van der Waals surface area contributed by atoms with Crippen molar-refractivity contribution in [1.82, 2.24) is 0 Å². The molecule has 0 unspecified atom stereocenters. The van der Waals surface area contributed by atoms with Crippen LogP contribution >= 0.6 is 11.8 Å². The molecule has 0 spiro atoms. The summed E-state index contributed by atoms with van der Waals surface area (Å²) in [5.74, 6) is -1.77. The van der Waals surface area contributed by atoms with Crippen LogP contribution in [0.15, 0.2) is 18.2 Å². The maximum Gasteiger partial charge on any atom is 0.389 e. The van der Waals surface area contributed by atoms with Gasteiger partial charge in [0.2, 0.25) is 0 Å². The molecule has 0 aliphatic carbocycles. The summed E-state index contributed by atoms with van der Waals surface area (Å²) in [5.41, 5.74) is 0.478. The third kappa shape index (κ3) is 4.83. The highest BCUT2D eigenvalue weighted by atomic mass is 32.2. The summed E-state index contributed by atoms with van der Waals surface area (Å²) in [5, 5.41) is 0. The number of hydrogen-bond acceptors (Lipinski definition) is 1. The Balaban J connectivity index is 2.35. The summed E-state index contributed by atoms with van der Waals surface area (Å²) in [6.45, 7) is 0. The quantitative estimate of drug-likeness (QED) is 0.576. The van der Waals surface area contributed by atoms with E-state index in [1.807, 2.05) is 0 Å². The number of halogens is 5. The van der Waals surface area contributed by atoms with Gasteiger partial charge in [0.1, 0.15) is 0 Å². The zero-order valence-electron chi connectivity index (χ0n) is 8.15. The fraction of sp³-hybridized carbons (Fsp3) is 0.400. The minimum atomic E-state index is -4.17. The summed E-state index contributed by atoms with van der Waals surface area (Å²) in [6, 6.07) is 3.32. The molecular formula is C10H9F5S. The number of thioether (sulfide) groups is 1. The Bertz CT molecular complexity index is 348. The Morgan fingerprint density at radius 3 is 2.31 bits per heavy atom. The van der Waals surface area contributed by atoms with E-state index in [1.165, 1.54) is 6.07 Å². The van der Waals surface area contributed by atoms with E-state index in [0.29, 0.717) is 5.56 Å². The fourth-order valence-electron chi connectivity index (χ4n) is 1.01. The summed E-state index contributed by atoms with van der Waals surface area (Å²) in [7, 11) is 0. The maximum atomic E-state index is 12.7. The molecule has 0 saturated heterocycles. The van der Waals surface area contributed by atoms with Crippen molar-refractivity contribution in [2.24, 2.45) is 0 Å². The molecule has 0 aliphatic heterocycles. The van der Waals surface area contributed by atoms with Gasteiger partial charge in [0, 0.05) is 11.5 Å². The highest BCUT2D eigenvalue weighted by molar-refractivity contribution is 7.98. The molecule has 0 radical (unpaired) electrons. The van der Waals surface area contributed by atoms with Gasteiger partial charge >= 0.3 is 6.18 Å². The van der Waals surface area contributed by atoms with Crippen molar-refractivity contribution in [3.8, 4) is 0 Å². The minimum absolute atomic E-state index is 0.0809. The lowest BCUT2D eigenvalue weighted by Crippen LogP contribution is -2.08. The van der Waals surface area contributed by atoms with Crippen molar-refractivity contribution in [1.29, 1.82) is 0 Å². The first kappa shape index (κ1) is 13.3. The third-order valence-corrected chi connectivity index (χ3v) is 2.81. The van der Waals surface area contributed by atoms with Crippen molar-refractivity contribution in [2.75, 3.05) is 5.75 Å². The Kier molecular flexibility index (Phi) is 4.58. The van der Waals surface area contributed by atoms with Crippen LogP contribution in [0.3, 0.4) is 0 Å². The average Bonchev–Trinajstić information content (AvgIpc) is 2.17. The van der Waals surface area contributed by atoms with Crippen molar-refractivity contribution in [2.45, 2.75) is 18.3 Å². The summed E-state index contributed by atoms with van der Waals surface area (Å²) >= 11 is 1.04. The first-order valence-electron chi connectivity index (χ1n) is 4.47. The van der Waals surface area contributed by atoms with Gasteiger partial charge < -0.3 is 0 Å². The molecule has 0 fully saturated rings. The average molecular weight is 256 g/mol. The number of hydrogen-bond donors (Lipinski definition) is 0. The molecule has 0 nitrogen and oxygen atoms in total. The van der Waals surface area contributed by atoms with Crippen LogP contribution in [0.5, 0.6) is 0 Å². The Labute approximate surface area is 93.8 Å². The van der Waals surface area contributed by atoms with Crippen molar-refractivity contribution in [3.05, 3.63) is 35.4 Å². The van der Waals surface area contributed by atoms with Crippen LogP contribution in [-0.2, 0) is 5.75 Å². The van der Waals surface area contributed by atoms with E-state index < -0.39 is 24.2 Å². The van der Waals surface area contributed by atoms with Gasteiger partial charge in [0.15, 0.2) is 11.6 Å². The first-order chi connectivity index (χ1) is 7.38. The zero-order valence-corrected chi connectivity index (χ0v) is 8.97. The van der Waals surface area contributed by atoms with Crippen LogP contribution in [0.25, 0.3) is 0 Å². The summed E-state index contributed by atoms with van der Waals surface area (Å²) in [6.07, 6.45) is -5.04. The predicted octanol–water partition coefficient (Wildman–Crippen LogP) is 4.15. The van der Waals surface area contributed by atoms with E-state index in [9.17, 15) is 22.0 Å². The largest absolute Gasteiger partial charge is 0.389 e. The van der Waals surface area contributed by atoms with E-state index in [2.05, 4.69) is 0 Å². The minimum Gasteiger partial charge on any atom is -0.204 e. The normalized spacial score (nSPS) is 11.8. The van der Waals surface area contributed by atoms with Crippen LogP contribution in [0.1, 0.15) is 12.0 Å². The standard InChI is InChI=1S/C10H9F5S/c11-8-2-1-7(5-9(8)12)6-16-4-3-10(13,14)15/h1-2,5H,3-4,6H2. The van der Waals surface area contributed by atoms with Crippen LogP contribution in [0.2, 0.25) is 0 Å². The molecule has 90 valence electrons. The molecule has 16 heavy (non-hydrogen) atoms. The van der Waals surface area contributed by atoms with Gasteiger partial charge in [-0.2, -0.15) is 24.9 Å². The number of alkyl halides is 3. The molecule has 1 aromatic rings. The van der Waals surface area contributed by atoms with E-state index in [-0.39, 0.29) is 11.5 Å². The highest BCUT2D eigenvalue weighted by Crippen LogP contribution is 2.23. The number of benzene rings is 1. The second-order valence-electron chi connectivity index (χ2n) is 3.17. The third-order valence-electron chi connectivity index (χ3n) is 1.78. The molecule has 6 heteroatoms. The van der Waals surface area contributed by atoms with Crippen molar-refractivity contribution >= 4 is 11.8 Å². The monoisotopic (exact) mass is 256 g/mol. The molecule has 1 rings (SSSR count). The lowest BCUT2D eigenvalue weighted by Gasteiger charge is -2.05. The van der Waals surface area contributed by atoms with Crippen molar-refractivity contribution < 1.29 is 22.0 Å². The van der Waals surface area contributed by atoms with Crippen molar-refractivity contribution in [3.63, 3.8) is 0 Å². The molecule has 0 heterocycles. The first-order valence-corrected chi connectivity index (χ1v) is 5.62. The Morgan fingerprint density at radius 1 is 1.06 bits per heavy atom. The SMILES string of the molecule is Fc1ccc(CSCCC(F)(F)F)cc1F. The Morgan fingerprint density at radius 2 is 1.75 bits per heavy atom. The van der Waals surface area contributed by atoms with Gasteiger partial charge in [-0.3, -0.25) is 0 Å². The van der Waals surface area contributed by atoms with Gasteiger partial charge in [-0.05, 0) is 17.7 Å². The predicted molar refractivity (Wildman–Crippen MR) is 53.2 cm³/mol. The summed E-state index contributed by atoms with van der Waals surface area (Å²) < 4.78 is 60.6. The topological polar surface area (TPSA) is 0 Å². The lowest BCUT2D eigenvalue weighted by molar-refractivity contribution is -0.129. The van der Waals surface area contributed by atoms with Gasteiger partial charge in [-0.25, -0.2) is 8.78 Å². The summed E-state index contributed by atoms with van der Waals surface area (Å²) in [4.78, 5) is 0. The van der Waals surface area contributed by atoms with E-state index >= 15 is 0 Å². The van der Waals surface area contributed by atoms with E-state index in [0.717, 1.165) is 23.9 Å². The molecule has 1 aromatic carbocycles. The van der Waals surface area contributed by atoms with Gasteiger partial charge in [-0.15, -0.1) is 0 Å². The molecule has 0 saturated carbocycles. The second kappa shape index (κ2) is 5.52. The molecule has 0 amide bonds. The lowest BCUT2D eigenvalue weighted by atomic mass is 10.2. The zero-order chi connectivity index (χ0) is 12.2. The van der Waals surface area contributed by atoms with E-state index in [1.54, 1.807) is 0 Å². The number of rotatable bonds is 4. The van der Waals surface area contributed by atoms with Gasteiger partial charge in [0.25, 0.3) is 0 Å². The van der Waals surface area contributed by atoms with Crippen LogP contribution in [-0.4, -0.2) is 11.9 Å². The molecule has 0 N–H and O–H groups in total. The van der Waals surface area contributed by atoms with Gasteiger partial charge in [-0.1, -0.05) is 6.07 Å². The fourth-order valence-corrected chi connectivity index (χ4v) is 1.94. The molecule has 0 bridgehead atoms. The smallest absolute Gasteiger partial charge is 0.204 e. The van der Waals surface area contributed by atoms with Gasteiger partial charge in [0.05, 0.1) is 6.42 Å². The van der Waals surface area contributed by atoms with E-state index in [4.69, 9.17) is 0 Å². The van der Waals surface area contributed by atoms with Crippen LogP contribution < -0.4 is 0 Å². The van der Waals surface area contributed by atoms with Crippen LogP contribution in [0, 0.1) is 11.6 Å².